The number of pyridine rings is 1. The van der Waals surface area contributed by atoms with Crippen molar-refractivity contribution in [2.24, 2.45) is 17.8 Å². The molecule has 3 heterocycles. The largest absolute Gasteiger partial charge is 0.494 e. The van der Waals surface area contributed by atoms with Crippen molar-refractivity contribution >= 4 is 50.3 Å². The standard InChI is InChI=1S/C38H52N6O9S/c1-7-23-16-22(2)10-8-9-11-24-19-38(24,35(47)42-54(50,51)37(3)14-15-37)41-32(45)29-18-26(21-44(29)34(46)31(23)40-36(48)49)53-33-27-13-12-25(43(4)5)17-28(27)30(52-6)20-39-33/h9,11-13,17,20,22-24,26,29,31,40H,7-8,10,14-16,18-19,21H2,1-6H3,(H,41,45)(H,42,47)(H,48,49)/b11-9-/t22-,23-,24-,26-,29+,31+,38-/m1/s1. The Morgan fingerprint density at radius 3 is 2.56 bits per heavy atom. The van der Waals surface area contributed by atoms with E-state index >= 15 is 0 Å². The molecule has 1 aromatic carbocycles. The molecule has 2 aliphatic carbocycles. The number of carbonyl (C=O) groups is 4. The second kappa shape index (κ2) is 14.9. The molecule has 0 spiro atoms. The van der Waals surface area contributed by atoms with Gasteiger partial charge in [-0.25, -0.2) is 18.2 Å². The first-order valence-corrected chi connectivity index (χ1v) is 20.2. The number of methoxy groups -OCH3 is 1. The SMILES string of the molecule is CC[C@@H]1C[C@H](C)CC/C=C\[C@@H]2C[C@@]2(C(=O)NS(=O)(=O)C2(C)CC2)NC(=O)[C@@H]2C[C@@H](Oc3ncc(OC)c4cc(N(C)C)ccc34)CN2C(=O)[C@H]1NC(=O)O. The van der Waals surface area contributed by atoms with Crippen LogP contribution in [-0.2, 0) is 24.4 Å². The number of hydrogen-bond acceptors (Lipinski definition) is 10. The zero-order valence-electron chi connectivity index (χ0n) is 31.8. The Balaban J connectivity index is 1.36. The van der Waals surface area contributed by atoms with Crippen molar-refractivity contribution in [3.8, 4) is 11.6 Å². The van der Waals surface area contributed by atoms with Crippen LogP contribution >= 0.6 is 0 Å². The number of rotatable bonds is 9. The summed E-state index contributed by atoms with van der Waals surface area (Å²) in [5, 5.41) is 16.6. The van der Waals surface area contributed by atoms with Gasteiger partial charge in [-0.05, 0) is 75.5 Å². The van der Waals surface area contributed by atoms with E-state index in [-0.39, 0.29) is 37.1 Å². The minimum Gasteiger partial charge on any atom is -0.494 e. The van der Waals surface area contributed by atoms with Crippen LogP contribution in [0.5, 0.6) is 11.6 Å². The summed E-state index contributed by atoms with van der Waals surface area (Å²) in [5.74, 6) is -1.96. The van der Waals surface area contributed by atoms with Crippen LogP contribution in [0.1, 0.15) is 72.1 Å². The maximum atomic E-state index is 14.6. The summed E-state index contributed by atoms with van der Waals surface area (Å²) in [5.41, 5.74) is -0.623. The van der Waals surface area contributed by atoms with Crippen LogP contribution in [0.25, 0.3) is 10.8 Å². The molecule has 16 heteroatoms. The highest BCUT2D eigenvalue weighted by Crippen LogP contribution is 2.48. The molecule has 4 aliphatic rings. The van der Waals surface area contributed by atoms with Crippen LogP contribution in [0.3, 0.4) is 0 Å². The Labute approximate surface area is 316 Å². The number of nitrogens with zero attached hydrogens (tertiary/aromatic N) is 3. The molecule has 1 aromatic heterocycles. The quantitative estimate of drug-likeness (QED) is 0.272. The third-order valence-corrected chi connectivity index (χ3v) is 13.9. The highest BCUT2D eigenvalue weighted by atomic mass is 32.2. The molecule has 294 valence electrons. The normalized spacial score (nSPS) is 30.1. The van der Waals surface area contributed by atoms with E-state index in [0.717, 1.165) is 17.5 Å². The van der Waals surface area contributed by atoms with E-state index in [2.05, 4.69) is 27.3 Å². The molecule has 4 amide bonds. The molecule has 7 atom stereocenters. The van der Waals surface area contributed by atoms with Gasteiger partial charge >= 0.3 is 6.09 Å². The maximum Gasteiger partial charge on any atom is 0.405 e. The van der Waals surface area contributed by atoms with E-state index in [4.69, 9.17) is 9.47 Å². The predicted molar refractivity (Wildman–Crippen MR) is 202 cm³/mol. The number of carbonyl (C=O) groups excluding carboxylic acids is 3. The van der Waals surface area contributed by atoms with Gasteiger partial charge in [0, 0.05) is 42.9 Å². The summed E-state index contributed by atoms with van der Waals surface area (Å²) in [6, 6.07) is 3.40. The van der Waals surface area contributed by atoms with Gasteiger partial charge in [0.2, 0.25) is 27.7 Å². The molecule has 54 heavy (non-hydrogen) atoms. The van der Waals surface area contributed by atoms with Crippen molar-refractivity contribution in [2.75, 3.05) is 32.6 Å². The Bertz CT molecular complexity index is 1950. The minimum absolute atomic E-state index is 0.00409. The average molecular weight is 769 g/mol. The van der Waals surface area contributed by atoms with Crippen molar-refractivity contribution in [1.82, 2.24) is 25.2 Å². The summed E-state index contributed by atoms with van der Waals surface area (Å²) in [6.45, 7) is 5.47. The second-order valence-electron chi connectivity index (χ2n) is 15.8. The summed E-state index contributed by atoms with van der Waals surface area (Å²) >= 11 is 0. The number of anilines is 1. The van der Waals surface area contributed by atoms with Crippen molar-refractivity contribution in [3.63, 3.8) is 0 Å². The predicted octanol–water partition coefficient (Wildman–Crippen LogP) is 3.57. The Kier molecular flexibility index (Phi) is 10.8. The van der Waals surface area contributed by atoms with Crippen LogP contribution in [0.4, 0.5) is 10.5 Å². The maximum absolute atomic E-state index is 14.6. The number of aromatic nitrogens is 1. The van der Waals surface area contributed by atoms with Gasteiger partial charge in [-0.2, -0.15) is 0 Å². The van der Waals surface area contributed by atoms with Crippen molar-refractivity contribution in [3.05, 3.63) is 36.5 Å². The van der Waals surface area contributed by atoms with Crippen molar-refractivity contribution in [1.29, 1.82) is 0 Å². The zero-order valence-corrected chi connectivity index (χ0v) is 32.6. The molecule has 3 fully saturated rings. The Morgan fingerprint density at radius 2 is 1.91 bits per heavy atom. The summed E-state index contributed by atoms with van der Waals surface area (Å²) in [6.07, 6.45) is 6.74. The van der Waals surface area contributed by atoms with Crippen LogP contribution in [0, 0.1) is 17.8 Å². The van der Waals surface area contributed by atoms with Gasteiger partial charge in [0.15, 0.2) is 0 Å². The third kappa shape index (κ3) is 7.66. The lowest BCUT2D eigenvalue weighted by Gasteiger charge is -2.33. The first-order valence-electron chi connectivity index (χ1n) is 18.7. The highest BCUT2D eigenvalue weighted by molar-refractivity contribution is 7.91. The van der Waals surface area contributed by atoms with Gasteiger partial charge in [0.25, 0.3) is 5.91 Å². The molecule has 0 radical (unpaired) electrons. The fraction of sp³-hybridized carbons (Fsp3) is 0.605. The molecule has 2 aromatic rings. The number of sulfonamides is 1. The van der Waals surface area contributed by atoms with E-state index in [1.807, 2.05) is 56.3 Å². The molecule has 0 bridgehead atoms. The number of ether oxygens (including phenoxy) is 2. The fourth-order valence-corrected chi connectivity index (χ4v) is 9.13. The number of fused-ring (bicyclic) bond motifs is 3. The van der Waals surface area contributed by atoms with E-state index < -0.39 is 68.2 Å². The Hall–Kier alpha value is -4.60. The summed E-state index contributed by atoms with van der Waals surface area (Å²) in [7, 11) is 1.38. The molecule has 0 unspecified atom stereocenters. The second-order valence-corrected chi connectivity index (χ2v) is 18.0. The fourth-order valence-electron chi connectivity index (χ4n) is 7.82. The van der Waals surface area contributed by atoms with E-state index in [1.54, 1.807) is 20.2 Å². The monoisotopic (exact) mass is 768 g/mol. The summed E-state index contributed by atoms with van der Waals surface area (Å²) in [4.78, 5) is 62.8. The van der Waals surface area contributed by atoms with Crippen LogP contribution < -0.4 is 29.7 Å². The number of allylic oxidation sites excluding steroid dienone is 1. The third-order valence-electron chi connectivity index (χ3n) is 11.7. The lowest BCUT2D eigenvalue weighted by atomic mass is 9.85. The smallest absolute Gasteiger partial charge is 0.405 e. The Morgan fingerprint density at radius 1 is 1.17 bits per heavy atom. The van der Waals surface area contributed by atoms with Crippen LogP contribution in [-0.4, -0.2) is 103 Å². The molecular weight excluding hydrogens is 717 g/mol. The number of amides is 4. The van der Waals surface area contributed by atoms with Gasteiger partial charge in [-0.3, -0.25) is 19.1 Å². The minimum atomic E-state index is -4.01. The highest BCUT2D eigenvalue weighted by Gasteiger charge is 2.63. The molecular formula is C38H52N6O9S. The van der Waals surface area contributed by atoms with Crippen molar-refractivity contribution < 1.29 is 42.2 Å². The van der Waals surface area contributed by atoms with E-state index in [1.165, 1.54) is 4.90 Å². The number of benzene rings is 1. The molecule has 2 saturated carbocycles. The molecule has 6 rings (SSSR count). The first-order chi connectivity index (χ1) is 25.5. The van der Waals surface area contributed by atoms with E-state index in [9.17, 15) is 32.7 Å². The van der Waals surface area contributed by atoms with Gasteiger partial charge < -0.3 is 35.0 Å². The lowest BCUT2D eigenvalue weighted by Crippen LogP contribution is -2.59. The number of nitrogens with one attached hydrogen (secondary N) is 3. The zero-order chi connectivity index (χ0) is 39.2. The topological polar surface area (TPSA) is 197 Å². The average Bonchev–Trinajstić information content (AvgIpc) is 4.00. The van der Waals surface area contributed by atoms with Gasteiger partial charge in [0.1, 0.15) is 29.5 Å². The molecule has 2 aliphatic heterocycles. The molecule has 15 nitrogen and oxygen atoms in total. The van der Waals surface area contributed by atoms with Crippen LogP contribution in [0.15, 0.2) is 36.5 Å². The molecule has 1 saturated heterocycles. The van der Waals surface area contributed by atoms with Gasteiger partial charge in [0.05, 0.1) is 24.6 Å². The number of carboxylic acid groups (broad SMARTS) is 1. The lowest BCUT2D eigenvalue weighted by molar-refractivity contribution is -0.142. The molecule has 4 N–H and O–H groups in total. The van der Waals surface area contributed by atoms with Gasteiger partial charge in [-0.1, -0.05) is 32.4 Å². The first kappa shape index (κ1) is 39.1. The van der Waals surface area contributed by atoms with Crippen LogP contribution in [0.2, 0.25) is 0 Å². The van der Waals surface area contributed by atoms with E-state index in [0.29, 0.717) is 43.2 Å². The number of hydrogen-bond donors (Lipinski definition) is 4. The summed E-state index contributed by atoms with van der Waals surface area (Å²) < 4.78 is 39.6. The van der Waals surface area contributed by atoms with Gasteiger partial charge in [-0.15, -0.1) is 0 Å². The van der Waals surface area contributed by atoms with Crippen molar-refractivity contribution in [2.45, 2.75) is 101 Å².